The van der Waals surface area contributed by atoms with Crippen molar-refractivity contribution < 1.29 is 22.4 Å². The number of carbonyl (C=O) groups excluding carboxylic acids is 2. The van der Waals surface area contributed by atoms with E-state index < -0.39 is 15.8 Å². The maximum Gasteiger partial charge on any atom is 0.256 e. The van der Waals surface area contributed by atoms with E-state index in [4.69, 9.17) is 0 Å². The fraction of sp³-hybridized carbons (Fsp3) is 0.333. The minimum absolute atomic E-state index is 0.0528. The zero-order chi connectivity index (χ0) is 21.0. The second-order valence-electron chi connectivity index (χ2n) is 7.15. The van der Waals surface area contributed by atoms with Crippen molar-refractivity contribution >= 4 is 21.7 Å². The highest BCUT2D eigenvalue weighted by Crippen LogP contribution is 2.20. The molecule has 0 aliphatic carbocycles. The van der Waals surface area contributed by atoms with Crippen LogP contribution in [0.25, 0.3) is 0 Å². The van der Waals surface area contributed by atoms with E-state index in [0.717, 1.165) is 0 Å². The van der Waals surface area contributed by atoms with Crippen molar-refractivity contribution in [3.63, 3.8) is 0 Å². The van der Waals surface area contributed by atoms with Gasteiger partial charge in [-0.15, -0.1) is 0 Å². The number of amides is 1. The molecular weight excluding hydrogens is 395 g/mol. The molecule has 1 heterocycles. The number of hydrogen-bond donors (Lipinski definition) is 1. The summed E-state index contributed by atoms with van der Waals surface area (Å²) in [4.78, 5) is 25.6. The monoisotopic (exact) mass is 418 g/mol. The molecule has 29 heavy (non-hydrogen) atoms. The third kappa shape index (κ3) is 5.07. The minimum atomic E-state index is -3.73. The molecule has 2 aromatic carbocycles. The number of rotatable bonds is 6. The predicted octanol–water partition coefficient (Wildman–Crippen LogP) is 2.86. The summed E-state index contributed by atoms with van der Waals surface area (Å²) in [6, 6.07) is 11.8. The Kier molecular flexibility index (Phi) is 6.44. The maximum atomic E-state index is 13.8. The largest absolute Gasteiger partial charge is 0.339 e. The molecule has 2 aromatic rings. The number of Topliss-reactive ketones (excluding diaryl/α,β-unsaturated/α-hetero) is 1. The van der Waals surface area contributed by atoms with Gasteiger partial charge in [0, 0.05) is 25.2 Å². The molecule has 0 aromatic heterocycles. The SMILES string of the molecule is CC(=O)c1cccc(S(=O)(=O)NCC2CCN(C(=O)c3ccccc3F)CC2)c1. The van der Waals surface area contributed by atoms with Gasteiger partial charge in [0.25, 0.3) is 5.91 Å². The molecule has 1 aliphatic heterocycles. The van der Waals surface area contributed by atoms with Crippen molar-refractivity contribution in [1.29, 1.82) is 0 Å². The van der Waals surface area contributed by atoms with E-state index >= 15 is 0 Å². The molecule has 6 nitrogen and oxygen atoms in total. The molecule has 154 valence electrons. The number of benzene rings is 2. The van der Waals surface area contributed by atoms with Crippen LogP contribution in [0, 0.1) is 11.7 Å². The third-order valence-electron chi connectivity index (χ3n) is 5.12. The highest BCUT2D eigenvalue weighted by molar-refractivity contribution is 7.89. The zero-order valence-corrected chi connectivity index (χ0v) is 16.9. The molecular formula is C21H23FN2O4S. The van der Waals surface area contributed by atoms with Gasteiger partial charge in [-0.3, -0.25) is 9.59 Å². The van der Waals surface area contributed by atoms with E-state index in [-0.39, 0.29) is 34.6 Å². The first kappa shape index (κ1) is 21.1. The fourth-order valence-corrected chi connectivity index (χ4v) is 4.50. The fourth-order valence-electron chi connectivity index (χ4n) is 3.34. The summed E-state index contributed by atoms with van der Waals surface area (Å²) in [5.74, 6) is -1.01. The van der Waals surface area contributed by atoms with Crippen molar-refractivity contribution in [3.8, 4) is 0 Å². The summed E-state index contributed by atoms with van der Waals surface area (Å²) in [6.07, 6.45) is 1.24. The van der Waals surface area contributed by atoms with Crippen LogP contribution in [0.15, 0.2) is 53.4 Å². The van der Waals surface area contributed by atoms with Gasteiger partial charge < -0.3 is 4.90 Å². The Bertz CT molecular complexity index is 1010. The molecule has 3 rings (SSSR count). The van der Waals surface area contributed by atoms with Crippen LogP contribution in [0.3, 0.4) is 0 Å². The number of halogens is 1. The molecule has 0 spiro atoms. The number of likely N-dealkylation sites (tertiary alicyclic amines) is 1. The van der Waals surface area contributed by atoms with Crippen LogP contribution in [-0.2, 0) is 10.0 Å². The summed E-state index contributed by atoms with van der Waals surface area (Å²) in [5, 5.41) is 0. The summed E-state index contributed by atoms with van der Waals surface area (Å²) in [6.45, 7) is 2.52. The van der Waals surface area contributed by atoms with Crippen LogP contribution >= 0.6 is 0 Å². The van der Waals surface area contributed by atoms with Gasteiger partial charge in [0.1, 0.15) is 5.82 Å². The van der Waals surface area contributed by atoms with Gasteiger partial charge in [-0.1, -0.05) is 24.3 Å². The van der Waals surface area contributed by atoms with Crippen LogP contribution in [0.4, 0.5) is 4.39 Å². The Hall–Kier alpha value is -2.58. The van der Waals surface area contributed by atoms with Crippen molar-refractivity contribution in [2.75, 3.05) is 19.6 Å². The summed E-state index contributed by atoms with van der Waals surface area (Å²) in [5.41, 5.74) is 0.393. The van der Waals surface area contributed by atoms with Crippen molar-refractivity contribution in [1.82, 2.24) is 9.62 Å². The summed E-state index contributed by atoms with van der Waals surface area (Å²) in [7, 11) is -3.73. The van der Waals surface area contributed by atoms with Crippen molar-refractivity contribution in [3.05, 3.63) is 65.5 Å². The van der Waals surface area contributed by atoms with Gasteiger partial charge in [-0.25, -0.2) is 17.5 Å². The molecule has 1 N–H and O–H groups in total. The summed E-state index contributed by atoms with van der Waals surface area (Å²) < 4.78 is 41.4. The van der Waals surface area contributed by atoms with Gasteiger partial charge >= 0.3 is 0 Å². The van der Waals surface area contributed by atoms with Crippen LogP contribution in [0.2, 0.25) is 0 Å². The molecule has 0 atom stereocenters. The Morgan fingerprint density at radius 1 is 1.10 bits per heavy atom. The quantitative estimate of drug-likeness (QED) is 0.732. The van der Waals surface area contributed by atoms with Gasteiger partial charge in [0.15, 0.2) is 5.78 Å². The van der Waals surface area contributed by atoms with Gasteiger partial charge in [-0.05, 0) is 49.9 Å². The Morgan fingerprint density at radius 2 is 1.79 bits per heavy atom. The van der Waals surface area contributed by atoms with E-state index in [9.17, 15) is 22.4 Å². The predicted molar refractivity (Wildman–Crippen MR) is 107 cm³/mol. The molecule has 1 aliphatic rings. The number of carbonyl (C=O) groups is 2. The highest BCUT2D eigenvalue weighted by atomic mass is 32.2. The first-order chi connectivity index (χ1) is 13.8. The molecule has 1 fully saturated rings. The van der Waals surface area contributed by atoms with Gasteiger partial charge in [0.2, 0.25) is 10.0 Å². The van der Waals surface area contributed by atoms with Crippen LogP contribution < -0.4 is 4.72 Å². The Morgan fingerprint density at radius 3 is 2.45 bits per heavy atom. The van der Waals surface area contributed by atoms with E-state index in [1.54, 1.807) is 17.0 Å². The molecule has 1 saturated heterocycles. The highest BCUT2D eigenvalue weighted by Gasteiger charge is 2.26. The maximum absolute atomic E-state index is 13.8. The standard InChI is InChI=1S/C21H23FN2O4S/c1-15(25)17-5-4-6-18(13-17)29(27,28)23-14-16-9-11-24(12-10-16)21(26)19-7-2-3-8-20(19)22/h2-8,13,16,23H,9-12,14H2,1H3. The van der Waals surface area contributed by atoms with E-state index in [1.807, 2.05) is 0 Å². The average Bonchev–Trinajstić information content (AvgIpc) is 2.72. The number of nitrogens with zero attached hydrogens (tertiary/aromatic N) is 1. The number of ketones is 1. The van der Waals surface area contributed by atoms with Gasteiger partial charge in [-0.2, -0.15) is 0 Å². The normalized spacial score (nSPS) is 15.3. The zero-order valence-electron chi connectivity index (χ0n) is 16.1. The topological polar surface area (TPSA) is 83.6 Å². The molecule has 0 bridgehead atoms. The van der Waals surface area contributed by atoms with Crippen LogP contribution in [0.1, 0.15) is 40.5 Å². The first-order valence-corrected chi connectivity index (χ1v) is 10.9. The summed E-state index contributed by atoms with van der Waals surface area (Å²) >= 11 is 0. The molecule has 1 amide bonds. The number of sulfonamides is 1. The lowest BCUT2D eigenvalue weighted by Crippen LogP contribution is -2.41. The lowest BCUT2D eigenvalue weighted by atomic mass is 9.96. The van der Waals surface area contributed by atoms with E-state index in [0.29, 0.717) is 31.5 Å². The number of hydrogen-bond acceptors (Lipinski definition) is 4. The van der Waals surface area contributed by atoms with Gasteiger partial charge in [0.05, 0.1) is 10.5 Å². The molecule has 0 radical (unpaired) electrons. The van der Waals surface area contributed by atoms with Crippen molar-refractivity contribution in [2.45, 2.75) is 24.7 Å². The smallest absolute Gasteiger partial charge is 0.256 e. The third-order valence-corrected chi connectivity index (χ3v) is 6.54. The molecule has 0 saturated carbocycles. The van der Waals surface area contributed by atoms with Crippen LogP contribution in [-0.4, -0.2) is 44.6 Å². The van der Waals surface area contributed by atoms with Crippen molar-refractivity contribution in [2.24, 2.45) is 5.92 Å². The average molecular weight is 418 g/mol. The first-order valence-electron chi connectivity index (χ1n) is 9.42. The lowest BCUT2D eigenvalue weighted by Gasteiger charge is -2.32. The molecule has 8 heteroatoms. The second-order valence-corrected chi connectivity index (χ2v) is 8.92. The Labute approximate surface area is 169 Å². The molecule has 0 unspecified atom stereocenters. The lowest BCUT2D eigenvalue weighted by molar-refractivity contribution is 0.0687. The second kappa shape index (κ2) is 8.84. The number of piperidine rings is 1. The van der Waals surface area contributed by atoms with E-state index in [1.165, 1.54) is 43.3 Å². The Balaban J connectivity index is 1.56. The minimum Gasteiger partial charge on any atom is -0.339 e. The van der Waals surface area contributed by atoms with Crippen LogP contribution in [0.5, 0.6) is 0 Å². The van der Waals surface area contributed by atoms with E-state index in [2.05, 4.69) is 4.72 Å². The number of nitrogens with one attached hydrogen (secondary N) is 1.